The second-order valence-electron chi connectivity index (χ2n) is 4.77. The van der Waals surface area contributed by atoms with Crippen molar-refractivity contribution in [2.75, 3.05) is 19.7 Å². The molecule has 5 heteroatoms. The van der Waals surface area contributed by atoms with E-state index in [0.717, 1.165) is 13.1 Å². The Morgan fingerprint density at radius 3 is 2.89 bits per heavy atom. The van der Waals surface area contributed by atoms with Crippen molar-refractivity contribution in [2.24, 2.45) is 0 Å². The number of aromatic nitrogens is 2. The van der Waals surface area contributed by atoms with E-state index in [9.17, 15) is 0 Å². The molecule has 2 heterocycles. The van der Waals surface area contributed by atoms with Crippen LogP contribution in [0.5, 0.6) is 0 Å². The van der Waals surface area contributed by atoms with Crippen LogP contribution in [0, 0.1) is 6.92 Å². The van der Waals surface area contributed by atoms with Gasteiger partial charge in [-0.3, -0.25) is 0 Å². The van der Waals surface area contributed by atoms with Crippen molar-refractivity contribution >= 4 is 0 Å². The maximum atomic E-state index is 5.60. The Labute approximate surface area is 112 Å². The molecular formula is C14H17N3O2. The fraction of sp³-hybridized carbons (Fsp3) is 0.429. The zero-order chi connectivity index (χ0) is 13.1. The van der Waals surface area contributed by atoms with E-state index in [1.165, 1.54) is 11.1 Å². The smallest absolute Gasteiger partial charge is 0.231 e. The highest BCUT2D eigenvalue weighted by atomic mass is 16.5. The van der Waals surface area contributed by atoms with Gasteiger partial charge in [0.15, 0.2) is 0 Å². The Morgan fingerprint density at radius 1 is 1.32 bits per heavy atom. The lowest BCUT2D eigenvalue weighted by molar-refractivity contribution is 0.0208. The fourth-order valence-corrected chi connectivity index (χ4v) is 2.08. The summed E-state index contributed by atoms with van der Waals surface area (Å²) in [6.07, 6.45) is 0.567. The lowest BCUT2D eigenvalue weighted by atomic mass is 10.1. The number of morpholine rings is 1. The molecule has 0 saturated carbocycles. The first kappa shape index (κ1) is 12.3. The number of nitrogens with one attached hydrogen (secondary N) is 1. The van der Waals surface area contributed by atoms with E-state index in [1.54, 1.807) is 0 Å². The fourth-order valence-electron chi connectivity index (χ4n) is 2.08. The van der Waals surface area contributed by atoms with Crippen LogP contribution in [0.4, 0.5) is 0 Å². The summed E-state index contributed by atoms with van der Waals surface area (Å²) in [4.78, 5) is 4.41. The average molecular weight is 259 g/mol. The highest BCUT2D eigenvalue weighted by Gasteiger charge is 2.21. The van der Waals surface area contributed by atoms with Crippen molar-refractivity contribution in [1.82, 2.24) is 15.5 Å². The summed E-state index contributed by atoms with van der Waals surface area (Å²) >= 11 is 0. The van der Waals surface area contributed by atoms with E-state index < -0.39 is 0 Å². The number of nitrogens with zero attached hydrogens (tertiary/aromatic N) is 2. The first-order valence-electron chi connectivity index (χ1n) is 6.51. The van der Waals surface area contributed by atoms with E-state index in [4.69, 9.17) is 9.26 Å². The molecular weight excluding hydrogens is 242 g/mol. The Hall–Kier alpha value is -1.72. The zero-order valence-corrected chi connectivity index (χ0v) is 10.9. The molecule has 3 rings (SSSR count). The van der Waals surface area contributed by atoms with Crippen molar-refractivity contribution in [3.63, 3.8) is 0 Å². The molecule has 19 heavy (non-hydrogen) atoms. The first-order chi connectivity index (χ1) is 9.31. The summed E-state index contributed by atoms with van der Waals surface area (Å²) in [5, 5.41) is 7.25. The van der Waals surface area contributed by atoms with Crippen molar-refractivity contribution in [3.8, 4) is 0 Å². The average Bonchev–Trinajstić information content (AvgIpc) is 2.91. The van der Waals surface area contributed by atoms with Crippen LogP contribution >= 0.6 is 0 Å². The number of hydrogen-bond donors (Lipinski definition) is 1. The van der Waals surface area contributed by atoms with Gasteiger partial charge in [0.2, 0.25) is 11.7 Å². The van der Waals surface area contributed by atoms with Crippen LogP contribution in [0.25, 0.3) is 0 Å². The number of ether oxygens (including phenoxy) is 1. The molecule has 100 valence electrons. The van der Waals surface area contributed by atoms with Gasteiger partial charge in [-0.15, -0.1) is 0 Å². The summed E-state index contributed by atoms with van der Waals surface area (Å²) in [6.45, 7) is 4.38. The highest BCUT2D eigenvalue weighted by Crippen LogP contribution is 2.16. The quantitative estimate of drug-likeness (QED) is 0.907. The second kappa shape index (κ2) is 5.50. The molecule has 1 aromatic heterocycles. The van der Waals surface area contributed by atoms with Crippen LogP contribution in [0.1, 0.15) is 28.9 Å². The van der Waals surface area contributed by atoms with Gasteiger partial charge < -0.3 is 14.6 Å². The van der Waals surface area contributed by atoms with Crippen LogP contribution in [-0.4, -0.2) is 29.8 Å². The third-order valence-electron chi connectivity index (χ3n) is 3.18. The first-order valence-corrected chi connectivity index (χ1v) is 6.51. The van der Waals surface area contributed by atoms with Gasteiger partial charge in [0.25, 0.3) is 0 Å². The Balaban J connectivity index is 1.68. The Morgan fingerprint density at radius 2 is 2.16 bits per heavy atom. The summed E-state index contributed by atoms with van der Waals surface area (Å²) in [6, 6.07) is 8.33. The topological polar surface area (TPSA) is 60.2 Å². The van der Waals surface area contributed by atoms with Crippen molar-refractivity contribution in [2.45, 2.75) is 19.4 Å². The molecule has 0 amide bonds. The van der Waals surface area contributed by atoms with Crippen molar-refractivity contribution in [1.29, 1.82) is 0 Å². The zero-order valence-electron chi connectivity index (χ0n) is 10.9. The van der Waals surface area contributed by atoms with Gasteiger partial charge in [0.1, 0.15) is 6.10 Å². The van der Waals surface area contributed by atoms with Crippen molar-refractivity contribution in [3.05, 3.63) is 47.1 Å². The van der Waals surface area contributed by atoms with Gasteiger partial charge in [-0.1, -0.05) is 35.0 Å². The van der Waals surface area contributed by atoms with Crippen LogP contribution < -0.4 is 5.32 Å². The summed E-state index contributed by atoms with van der Waals surface area (Å²) in [5.41, 5.74) is 2.42. The minimum atomic E-state index is -0.0933. The SMILES string of the molecule is Cc1ccc(Cc2nc(C3CNCCO3)no2)cc1. The Kier molecular flexibility index (Phi) is 3.57. The molecule has 1 aliphatic heterocycles. The molecule has 2 aromatic rings. The number of hydrogen-bond acceptors (Lipinski definition) is 5. The summed E-state index contributed by atoms with van der Waals surface area (Å²) in [5.74, 6) is 1.27. The largest absolute Gasteiger partial charge is 0.367 e. The van der Waals surface area contributed by atoms with Crippen LogP contribution in [0.2, 0.25) is 0 Å². The van der Waals surface area contributed by atoms with Crippen LogP contribution in [0.3, 0.4) is 0 Å². The van der Waals surface area contributed by atoms with Crippen molar-refractivity contribution < 1.29 is 9.26 Å². The van der Waals surface area contributed by atoms with Gasteiger partial charge >= 0.3 is 0 Å². The maximum absolute atomic E-state index is 5.60. The van der Waals surface area contributed by atoms with E-state index >= 15 is 0 Å². The Bertz CT molecular complexity index is 530. The molecule has 1 N–H and O–H groups in total. The van der Waals surface area contributed by atoms with Gasteiger partial charge in [-0.2, -0.15) is 4.98 Å². The van der Waals surface area contributed by atoms with E-state index in [1.807, 2.05) is 0 Å². The molecule has 1 atom stereocenters. The lowest BCUT2D eigenvalue weighted by Gasteiger charge is -2.20. The summed E-state index contributed by atoms with van der Waals surface area (Å²) in [7, 11) is 0. The number of aryl methyl sites for hydroxylation is 1. The second-order valence-corrected chi connectivity index (χ2v) is 4.77. The molecule has 1 saturated heterocycles. The molecule has 1 fully saturated rings. The number of benzene rings is 1. The van der Waals surface area contributed by atoms with Crippen LogP contribution in [0.15, 0.2) is 28.8 Å². The lowest BCUT2D eigenvalue weighted by Crippen LogP contribution is -2.33. The molecule has 1 aliphatic rings. The van der Waals surface area contributed by atoms with E-state index in [-0.39, 0.29) is 6.10 Å². The molecule has 0 spiro atoms. The predicted molar refractivity (Wildman–Crippen MR) is 69.8 cm³/mol. The van der Waals surface area contributed by atoms with Gasteiger partial charge in [-0.25, -0.2) is 0 Å². The maximum Gasteiger partial charge on any atom is 0.231 e. The minimum Gasteiger partial charge on any atom is -0.367 e. The summed E-state index contributed by atoms with van der Waals surface area (Å²) < 4.78 is 10.9. The predicted octanol–water partition coefficient (Wildman–Crippen LogP) is 1.63. The molecule has 0 aliphatic carbocycles. The standard InChI is InChI=1S/C14H17N3O2/c1-10-2-4-11(5-3-10)8-13-16-14(17-19-13)12-9-15-6-7-18-12/h2-5,12,15H,6-9H2,1H3. The third-order valence-corrected chi connectivity index (χ3v) is 3.18. The number of rotatable bonds is 3. The van der Waals surface area contributed by atoms with E-state index in [2.05, 4.69) is 46.6 Å². The van der Waals surface area contributed by atoms with Crippen LogP contribution in [-0.2, 0) is 11.2 Å². The highest BCUT2D eigenvalue weighted by molar-refractivity contribution is 5.23. The van der Waals surface area contributed by atoms with Gasteiger partial charge in [-0.05, 0) is 12.5 Å². The van der Waals surface area contributed by atoms with E-state index in [0.29, 0.717) is 24.7 Å². The monoisotopic (exact) mass is 259 g/mol. The van der Waals surface area contributed by atoms with Gasteiger partial charge in [0.05, 0.1) is 13.0 Å². The minimum absolute atomic E-state index is 0.0933. The molecule has 1 aromatic carbocycles. The molecule has 1 unspecified atom stereocenters. The molecule has 0 bridgehead atoms. The molecule has 0 radical (unpaired) electrons. The third kappa shape index (κ3) is 3.00. The molecule has 5 nitrogen and oxygen atoms in total. The normalized spacial score (nSPS) is 19.5. The van der Waals surface area contributed by atoms with Gasteiger partial charge in [0, 0.05) is 13.1 Å².